The zero-order valence-electron chi connectivity index (χ0n) is 19.8. The van der Waals surface area contributed by atoms with Gasteiger partial charge >= 0.3 is 0 Å². The number of benzene rings is 2. The van der Waals surface area contributed by atoms with Crippen molar-refractivity contribution in [3.05, 3.63) is 83.3 Å². The summed E-state index contributed by atoms with van der Waals surface area (Å²) >= 11 is 1.42. The number of rotatable bonds is 6. The molecule has 0 amide bonds. The number of aromatic nitrogens is 2. The summed E-state index contributed by atoms with van der Waals surface area (Å²) in [5, 5.41) is 0.618. The minimum Gasteiger partial charge on any atom is -0.242 e. The van der Waals surface area contributed by atoms with Gasteiger partial charge in [0.15, 0.2) is 0 Å². The molecule has 4 aromatic rings. The van der Waals surface area contributed by atoms with Crippen molar-refractivity contribution in [1.29, 1.82) is 0 Å². The molecule has 2 aromatic carbocycles. The Hall–Kier alpha value is -2.48. The standard InChI is InChI=1S/C27H28FN3OS2/c1-17(31-34(32)26(2,3)4)18-10-11-20(21(28)16-18)24-29-22-12-13-23(30-25(22)33-24)27(14-15-27)19-8-6-5-7-9-19/h5-13,16-17,31H,14-15H2,1-4H3/t17-,34+/m0/s1. The number of hydrogen-bond acceptors (Lipinski definition) is 4. The third-order valence-corrected chi connectivity index (χ3v) is 9.06. The molecule has 34 heavy (non-hydrogen) atoms. The molecule has 7 heteroatoms. The molecule has 0 saturated heterocycles. The predicted molar refractivity (Wildman–Crippen MR) is 139 cm³/mol. The van der Waals surface area contributed by atoms with Crippen LogP contribution in [0.3, 0.4) is 0 Å². The van der Waals surface area contributed by atoms with Crippen LogP contribution < -0.4 is 4.72 Å². The van der Waals surface area contributed by atoms with Crippen molar-refractivity contribution in [2.45, 2.75) is 56.7 Å². The first kappa shape index (κ1) is 23.3. The number of halogens is 1. The van der Waals surface area contributed by atoms with Gasteiger partial charge in [-0.05, 0) is 75.9 Å². The molecular formula is C27H28FN3OS2. The minimum absolute atomic E-state index is 0.0111. The van der Waals surface area contributed by atoms with Gasteiger partial charge in [0, 0.05) is 17.0 Å². The summed E-state index contributed by atoms with van der Waals surface area (Å²) in [7, 11) is -1.24. The molecule has 0 radical (unpaired) electrons. The van der Waals surface area contributed by atoms with Gasteiger partial charge in [0.2, 0.25) is 0 Å². The minimum atomic E-state index is -1.24. The lowest BCUT2D eigenvalue weighted by Gasteiger charge is -2.22. The van der Waals surface area contributed by atoms with Gasteiger partial charge in [-0.25, -0.2) is 23.3 Å². The molecule has 176 valence electrons. The lowest BCUT2D eigenvalue weighted by molar-refractivity contribution is 0.606. The van der Waals surface area contributed by atoms with Gasteiger partial charge in [-0.1, -0.05) is 47.7 Å². The maximum Gasteiger partial charge on any atom is 0.144 e. The number of thiazole rings is 1. The maximum absolute atomic E-state index is 15.1. The Morgan fingerprint density at radius 1 is 1.06 bits per heavy atom. The summed E-state index contributed by atoms with van der Waals surface area (Å²) in [5.74, 6) is -0.338. The molecule has 0 spiro atoms. The topological polar surface area (TPSA) is 54.9 Å². The summed E-state index contributed by atoms with van der Waals surface area (Å²) in [4.78, 5) is 10.4. The van der Waals surface area contributed by atoms with E-state index in [2.05, 4.69) is 40.0 Å². The molecule has 1 aliphatic rings. The Morgan fingerprint density at radius 3 is 2.44 bits per heavy atom. The molecule has 0 aliphatic heterocycles. The SMILES string of the molecule is C[C@H](N[S@](=O)C(C)(C)C)c1ccc(-c2nc3ccc(C4(c5ccccc5)CC4)nc3s2)c(F)c1. The second-order valence-electron chi connectivity index (χ2n) is 9.95. The van der Waals surface area contributed by atoms with Crippen molar-refractivity contribution < 1.29 is 8.60 Å². The molecule has 1 aliphatic carbocycles. The fraction of sp³-hybridized carbons (Fsp3) is 0.333. The van der Waals surface area contributed by atoms with Crippen LogP contribution in [-0.2, 0) is 16.4 Å². The molecule has 1 saturated carbocycles. The van der Waals surface area contributed by atoms with Gasteiger partial charge in [0.05, 0.1) is 21.4 Å². The lowest BCUT2D eigenvalue weighted by atomic mass is 9.92. The largest absolute Gasteiger partial charge is 0.242 e. The second kappa shape index (κ2) is 8.63. The van der Waals surface area contributed by atoms with E-state index in [1.54, 1.807) is 6.07 Å². The summed E-state index contributed by atoms with van der Waals surface area (Å²) < 4.78 is 30.2. The van der Waals surface area contributed by atoms with Gasteiger partial charge in [0.25, 0.3) is 0 Å². The van der Waals surface area contributed by atoms with E-state index in [4.69, 9.17) is 4.98 Å². The zero-order chi connectivity index (χ0) is 24.1. The van der Waals surface area contributed by atoms with Crippen LogP contribution in [0.1, 0.15) is 63.4 Å². The number of pyridine rings is 1. The highest BCUT2D eigenvalue weighted by Crippen LogP contribution is 2.53. The quantitative estimate of drug-likeness (QED) is 0.326. The summed E-state index contributed by atoms with van der Waals surface area (Å²) in [5.41, 5.74) is 4.34. The van der Waals surface area contributed by atoms with E-state index in [1.165, 1.54) is 23.0 Å². The third kappa shape index (κ3) is 4.32. The van der Waals surface area contributed by atoms with Crippen molar-refractivity contribution in [2.24, 2.45) is 0 Å². The Labute approximate surface area is 206 Å². The van der Waals surface area contributed by atoms with Crippen LogP contribution in [0, 0.1) is 5.82 Å². The maximum atomic E-state index is 15.1. The van der Waals surface area contributed by atoms with Crippen LogP contribution >= 0.6 is 11.3 Å². The first-order chi connectivity index (χ1) is 16.2. The average molecular weight is 494 g/mol. The summed E-state index contributed by atoms with van der Waals surface area (Å²) in [6, 6.07) is 19.5. The first-order valence-electron chi connectivity index (χ1n) is 11.5. The summed E-state index contributed by atoms with van der Waals surface area (Å²) in [6.07, 6.45) is 2.17. The molecule has 0 bridgehead atoms. The van der Waals surface area contributed by atoms with Crippen LogP contribution in [0.15, 0.2) is 60.7 Å². The molecule has 4 nitrogen and oxygen atoms in total. The molecule has 2 atom stereocenters. The Morgan fingerprint density at radius 2 is 1.79 bits per heavy atom. The number of hydrogen-bond donors (Lipinski definition) is 1. The smallest absolute Gasteiger partial charge is 0.144 e. The van der Waals surface area contributed by atoms with Crippen molar-refractivity contribution >= 4 is 32.7 Å². The third-order valence-electron chi connectivity index (χ3n) is 6.39. The number of fused-ring (bicyclic) bond motifs is 1. The Balaban J connectivity index is 1.42. The van der Waals surface area contributed by atoms with Crippen LogP contribution in [0.4, 0.5) is 4.39 Å². The predicted octanol–water partition coefficient (Wildman–Crippen LogP) is 6.69. The summed E-state index contributed by atoms with van der Waals surface area (Å²) in [6.45, 7) is 7.61. The van der Waals surface area contributed by atoms with Crippen LogP contribution in [-0.4, -0.2) is 18.9 Å². The van der Waals surface area contributed by atoms with E-state index >= 15 is 4.39 Å². The molecular weight excluding hydrogens is 465 g/mol. The zero-order valence-corrected chi connectivity index (χ0v) is 21.4. The molecule has 5 rings (SSSR count). The van der Waals surface area contributed by atoms with E-state index in [0.29, 0.717) is 10.6 Å². The van der Waals surface area contributed by atoms with E-state index < -0.39 is 11.0 Å². The van der Waals surface area contributed by atoms with Crippen LogP contribution in [0.25, 0.3) is 20.9 Å². The van der Waals surface area contributed by atoms with Gasteiger partial charge in [-0.3, -0.25) is 0 Å². The van der Waals surface area contributed by atoms with Crippen molar-refractivity contribution in [3.63, 3.8) is 0 Å². The van der Waals surface area contributed by atoms with Gasteiger partial charge in [-0.2, -0.15) is 0 Å². The highest BCUT2D eigenvalue weighted by molar-refractivity contribution is 7.84. The highest BCUT2D eigenvalue weighted by atomic mass is 32.2. The van der Waals surface area contributed by atoms with E-state index in [-0.39, 0.29) is 22.0 Å². The normalized spacial score (nSPS) is 17.0. The fourth-order valence-electron chi connectivity index (χ4n) is 4.15. The van der Waals surface area contributed by atoms with Crippen LogP contribution in [0.5, 0.6) is 0 Å². The average Bonchev–Trinajstić information content (AvgIpc) is 3.51. The van der Waals surface area contributed by atoms with Crippen molar-refractivity contribution in [1.82, 2.24) is 14.7 Å². The van der Waals surface area contributed by atoms with Gasteiger partial charge < -0.3 is 0 Å². The van der Waals surface area contributed by atoms with Gasteiger partial charge in [0.1, 0.15) is 21.2 Å². The molecule has 1 fully saturated rings. The fourth-order valence-corrected chi connectivity index (χ4v) is 5.93. The number of nitrogens with one attached hydrogen (secondary N) is 1. The molecule has 1 N–H and O–H groups in total. The van der Waals surface area contributed by atoms with Crippen LogP contribution in [0.2, 0.25) is 0 Å². The van der Waals surface area contributed by atoms with Gasteiger partial charge in [-0.15, -0.1) is 0 Å². The lowest BCUT2D eigenvalue weighted by Crippen LogP contribution is -2.34. The first-order valence-corrected chi connectivity index (χ1v) is 13.5. The highest BCUT2D eigenvalue weighted by Gasteiger charge is 2.47. The number of nitrogens with zero attached hydrogens (tertiary/aromatic N) is 2. The Bertz CT molecular complexity index is 1370. The van der Waals surface area contributed by atoms with E-state index in [0.717, 1.165) is 34.4 Å². The van der Waals surface area contributed by atoms with E-state index in [1.807, 2.05) is 45.9 Å². The second-order valence-corrected chi connectivity index (χ2v) is 12.9. The van der Waals surface area contributed by atoms with Crippen molar-refractivity contribution in [2.75, 3.05) is 0 Å². The van der Waals surface area contributed by atoms with E-state index in [9.17, 15) is 4.21 Å². The monoisotopic (exact) mass is 493 g/mol. The Kier molecular flexibility index (Phi) is 5.91. The molecule has 0 unspecified atom stereocenters. The molecule has 2 aromatic heterocycles. The molecule has 2 heterocycles. The van der Waals surface area contributed by atoms with Crippen molar-refractivity contribution in [3.8, 4) is 10.6 Å².